The summed E-state index contributed by atoms with van der Waals surface area (Å²) in [5, 5.41) is 0. The van der Waals surface area contributed by atoms with Crippen molar-refractivity contribution >= 4 is 7.60 Å². The summed E-state index contributed by atoms with van der Waals surface area (Å²) < 4.78 is 23.8. The summed E-state index contributed by atoms with van der Waals surface area (Å²) >= 11 is 0. The van der Waals surface area contributed by atoms with Crippen LogP contribution in [-0.4, -0.2) is 12.3 Å². The van der Waals surface area contributed by atoms with E-state index < -0.39 is 13.2 Å². The molecule has 0 N–H and O–H groups in total. The van der Waals surface area contributed by atoms with Crippen LogP contribution >= 0.6 is 7.60 Å². The van der Waals surface area contributed by atoms with Gasteiger partial charge in [-0.1, -0.05) is 71.0 Å². The van der Waals surface area contributed by atoms with Crippen molar-refractivity contribution in [2.75, 3.05) is 6.66 Å². The fraction of sp³-hybridized carbons (Fsp3) is 0.500. The van der Waals surface area contributed by atoms with Gasteiger partial charge in [-0.05, 0) is 55.0 Å². The van der Waals surface area contributed by atoms with Crippen LogP contribution < -0.4 is 4.52 Å². The minimum absolute atomic E-state index is 0.144. The van der Waals surface area contributed by atoms with Gasteiger partial charge < -0.3 is 4.52 Å². The minimum Gasteiger partial charge on any atom is -0.425 e. The molecule has 0 aliphatic rings. The van der Waals surface area contributed by atoms with Crippen molar-refractivity contribution in [3.8, 4) is 5.75 Å². The van der Waals surface area contributed by atoms with Gasteiger partial charge in [0, 0.05) is 12.1 Å². The van der Waals surface area contributed by atoms with E-state index in [1.54, 1.807) is 0 Å². The third-order valence-electron chi connectivity index (χ3n) is 4.76. The fourth-order valence-corrected chi connectivity index (χ4v) is 4.73. The second-order valence-corrected chi connectivity index (χ2v) is 12.0. The Bertz CT molecular complexity index is 835. The maximum atomic E-state index is 12.6. The van der Waals surface area contributed by atoms with Gasteiger partial charge in [-0.3, -0.25) is 4.52 Å². The lowest BCUT2D eigenvalue weighted by molar-refractivity contribution is 0.116. The minimum atomic E-state index is -3.17. The molecule has 0 saturated heterocycles. The van der Waals surface area contributed by atoms with Gasteiger partial charge in [0.2, 0.25) is 0 Å². The highest BCUT2D eigenvalue weighted by molar-refractivity contribution is 7.53. The lowest BCUT2D eigenvalue weighted by Crippen LogP contribution is -2.20. The van der Waals surface area contributed by atoms with Crippen LogP contribution in [0.5, 0.6) is 5.75 Å². The van der Waals surface area contributed by atoms with Crippen LogP contribution in [0.15, 0.2) is 48.5 Å². The van der Waals surface area contributed by atoms with Crippen molar-refractivity contribution in [1.82, 2.24) is 0 Å². The number of hydrogen-bond donors (Lipinski definition) is 0. The van der Waals surface area contributed by atoms with E-state index in [1.807, 2.05) is 45.0 Å². The predicted molar refractivity (Wildman–Crippen MR) is 119 cm³/mol. The Kier molecular flexibility index (Phi) is 6.24. The lowest BCUT2D eigenvalue weighted by Gasteiger charge is -2.28. The summed E-state index contributed by atoms with van der Waals surface area (Å²) in [4.78, 5) is 0. The van der Waals surface area contributed by atoms with Gasteiger partial charge in [0.15, 0.2) is 0 Å². The molecule has 28 heavy (non-hydrogen) atoms. The molecule has 0 spiro atoms. The number of rotatable bonds is 5. The van der Waals surface area contributed by atoms with Crippen LogP contribution in [0.4, 0.5) is 0 Å². The Hall–Kier alpha value is -1.57. The first kappa shape index (κ1) is 22.7. The zero-order valence-electron chi connectivity index (χ0n) is 18.8. The van der Waals surface area contributed by atoms with Gasteiger partial charge in [-0.2, -0.15) is 0 Å². The lowest BCUT2D eigenvalue weighted by atomic mass is 9.77. The van der Waals surface area contributed by atoms with E-state index in [4.69, 9.17) is 9.05 Å². The van der Waals surface area contributed by atoms with Crippen molar-refractivity contribution < 1.29 is 13.6 Å². The molecule has 0 heterocycles. The standard InChI is InChI=1S/C24H35O3P/c1-22(2,3)18-10-12-19(13-11-18)24(7,8)20-14-16-21(17-15-20)26-28(9,25)27-23(4,5)6/h10-17H,1-9H3. The van der Waals surface area contributed by atoms with E-state index in [9.17, 15) is 4.57 Å². The van der Waals surface area contributed by atoms with E-state index in [1.165, 1.54) is 23.4 Å². The van der Waals surface area contributed by atoms with Crippen molar-refractivity contribution in [2.45, 2.75) is 71.8 Å². The molecule has 0 aliphatic heterocycles. The zero-order chi connectivity index (χ0) is 21.4. The summed E-state index contributed by atoms with van der Waals surface area (Å²) in [6.07, 6.45) is 0. The maximum absolute atomic E-state index is 12.6. The molecule has 1 unspecified atom stereocenters. The molecule has 3 nitrogen and oxygen atoms in total. The van der Waals surface area contributed by atoms with Crippen LogP contribution in [0.25, 0.3) is 0 Å². The predicted octanol–water partition coefficient (Wildman–Crippen LogP) is 7.33. The third-order valence-corrected chi connectivity index (χ3v) is 6.18. The average molecular weight is 403 g/mol. The summed E-state index contributed by atoms with van der Waals surface area (Å²) in [7, 11) is -3.17. The zero-order valence-corrected chi connectivity index (χ0v) is 19.7. The molecule has 0 aromatic heterocycles. The van der Waals surface area contributed by atoms with Crippen LogP contribution in [0.1, 0.15) is 72.1 Å². The summed E-state index contributed by atoms with van der Waals surface area (Å²) in [6.45, 7) is 18.2. The van der Waals surface area contributed by atoms with Crippen molar-refractivity contribution in [3.05, 3.63) is 65.2 Å². The highest BCUT2D eigenvalue weighted by Crippen LogP contribution is 2.48. The van der Waals surface area contributed by atoms with Gasteiger partial charge in [-0.15, -0.1) is 0 Å². The highest BCUT2D eigenvalue weighted by atomic mass is 31.2. The largest absolute Gasteiger partial charge is 0.425 e. The summed E-state index contributed by atoms with van der Waals surface area (Å²) in [5.74, 6) is 0.553. The van der Waals surface area contributed by atoms with Crippen LogP contribution in [-0.2, 0) is 19.9 Å². The smallest absolute Gasteiger partial charge is 0.376 e. The summed E-state index contributed by atoms with van der Waals surface area (Å²) in [5.41, 5.74) is 3.23. The Morgan fingerprint density at radius 2 is 1.07 bits per heavy atom. The maximum Gasteiger partial charge on any atom is 0.376 e. The highest BCUT2D eigenvalue weighted by Gasteiger charge is 2.28. The van der Waals surface area contributed by atoms with Gasteiger partial charge in [0.1, 0.15) is 5.75 Å². The van der Waals surface area contributed by atoms with Crippen LogP contribution in [0, 0.1) is 0 Å². The van der Waals surface area contributed by atoms with E-state index in [0.717, 1.165) is 0 Å². The molecule has 0 aliphatic carbocycles. The molecular weight excluding hydrogens is 367 g/mol. The van der Waals surface area contributed by atoms with Crippen molar-refractivity contribution in [3.63, 3.8) is 0 Å². The molecule has 0 bridgehead atoms. The molecule has 2 aromatic carbocycles. The van der Waals surface area contributed by atoms with Gasteiger partial charge in [0.25, 0.3) is 0 Å². The van der Waals surface area contributed by atoms with Crippen LogP contribution in [0.2, 0.25) is 0 Å². The second-order valence-electron chi connectivity index (χ2n) is 10.0. The quantitative estimate of drug-likeness (QED) is 0.491. The number of benzene rings is 2. The Labute approximate surface area is 171 Å². The van der Waals surface area contributed by atoms with Gasteiger partial charge in [-0.25, -0.2) is 4.57 Å². The molecule has 0 radical (unpaired) electrons. The average Bonchev–Trinajstić information content (AvgIpc) is 2.52. The van der Waals surface area contributed by atoms with E-state index in [0.29, 0.717) is 5.75 Å². The van der Waals surface area contributed by atoms with Crippen molar-refractivity contribution in [2.24, 2.45) is 0 Å². The normalized spacial score (nSPS) is 15.2. The molecular formula is C24H35O3P. The van der Waals surface area contributed by atoms with Gasteiger partial charge in [0.05, 0.1) is 5.60 Å². The first-order chi connectivity index (χ1) is 12.6. The van der Waals surface area contributed by atoms with Crippen molar-refractivity contribution in [1.29, 1.82) is 0 Å². The topological polar surface area (TPSA) is 35.5 Å². The molecule has 0 fully saturated rings. The Balaban J connectivity index is 2.20. The first-order valence-electron chi connectivity index (χ1n) is 9.80. The monoisotopic (exact) mass is 402 g/mol. The Morgan fingerprint density at radius 1 is 0.679 bits per heavy atom. The van der Waals surface area contributed by atoms with Gasteiger partial charge >= 0.3 is 7.60 Å². The molecule has 2 aromatic rings. The third kappa shape index (κ3) is 5.96. The molecule has 0 amide bonds. The van der Waals surface area contributed by atoms with E-state index >= 15 is 0 Å². The molecule has 0 saturated carbocycles. The van der Waals surface area contributed by atoms with Crippen LogP contribution in [0.3, 0.4) is 0 Å². The molecule has 154 valence electrons. The molecule has 1 atom stereocenters. The van der Waals surface area contributed by atoms with E-state index in [-0.39, 0.29) is 10.8 Å². The fourth-order valence-electron chi connectivity index (χ4n) is 3.19. The summed E-state index contributed by atoms with van der Waals surface area (Å²) in [6, 6.07) is 16.6. The first-order valence-corrected chi connectivity index (χ1v) is 11.8. The Morgan fingerprint density at radius 3 is 1.46 bits per heavy atom. The number of hydrogen-bond acceptors (Lipinski definition) is 3. The second kappa shape index (κ2) is 7.69. The molecule has 2 rings (SSSR count). The molecule has 4 heteroatoms. The SMILES string of the molecule is CC(C)(C)OP(C)(=O)Oc1ccc(C(C)(C)c2ccc(C(C)(C)C)cc2)cc1. The van der Waals surface area contributed by atoms with E-state index in [2.05, 4.69) is 58.9 Å².